The summed E-state index contributed by atoms with van der Waals surface area (Å²) in [7, 11) is 0. The number of piperidine rings is 1. The Morgan fingerprint density at radius 3 is 3.31 bits per heavy atom. The van der Waals surface area contributed by atoms with Crippen LogP contribution in [0.1, 0.15) is 25.0 Å². The Balaban J connectivity index is 1.67. The molecule has 0 bridgehead atoms. The molecule has 0 aliphatic carbocycles. The topological polar surface area (TPSA) is 67.2 Å². The lowest BCUT2D eigenvalue weighted by atomic mass is 9.96. The quantitative estimate of drug-likeness (QED) is 0.787. The Labute approximate surface area is 94.6 Å². The van der Waals surface area contributed by atoms with Gasteiger partial charge in [-0.3, -0.25) is 4.79 Å². The maximum Gasteiger partial charge on any atom is 0.220 e. The largest absolute Gasteiger partial charge is 0.364 e. The number of carbonyl (C=O) groups is 1. The molecule has 1 unspecified atom stereocenters. The summed E-state index contributed by atoms with van der Waals surface area (Å²) in [5, 5.41) is 9.88. The van der Waals surface area contributed by atoms with Crippen LogP contribution in [0.4, 0.5) is 0 Å². The molecular weight excluding hydrogens is 206 g/mol. The monoisotopic (exact) mass is 223 g/mol. The molecule has 2 heterocycles. The molecule has 0 saturated carbocycles. The van der Waals surface area contributed by atoms with E-state index in [2.05, 4.69) is 20.3 Å². The van der Waals surface area contributed by atoms with Gasteiger partial charge in [-0.05, 0) is 31.8 Å². The molecule has 1 atom stereocenters. The Morgan fingerprint density at radius 2 is 2.62 bits per heavy atom. The van der Waals surface area contributed by atoms with Crippen LogP contribution in [-0.4, -0.2) is 24.2 Å². The summed E-state index contributed by atoms with van der Waals surface area (Å²) in [5.41, 5.74) is 0.759. The number of hydrogen-bond acceptors (Lipinski definition) is 4. The van der Waals surface area contributed by atoms with Gasteiger partial charge in [0.05, 0.1) is 6.54 Å². The summed E-state index contributed by atoms with van der Waals surface area (Å²) in [4.78, 5) is 11.6. The number of amides is 1. The number of nitrogens with zero attached hydrogens (tertiary/aromatic N) is 1. The second kappa shape index (κ2) is 5.65. The lowest BCUT2D eigenvalue weighted by molar-refractivity contribution is -0.122. The Hall–Kier alpha value is -1.36. The van der Waals surface area contributed by atoms with Crippen molar-refractivity contribution in [3.8, 4) is 0 Å². The first-order chi connectivity index (χ1) is 7.84. The lowest BCUT2D eigenvalue weighted by Crippen LogP contribution is -2.34. The molecule has 2 rings (SSSR count). The fourth-order valence-corrected chi connectivity index (χ4v) is 1.95. The first kappa shape index (κ1) is 11.1. The number of nitrogens with one attached hydrogen (secondary N) is 2. The molecule has 1 aliphatic rings. The Morgan fingerprint density at radius 1 is 1.69 bits per heavy atom. The van der Waals surface area contributed by atoms with E-state index >= 15 is 0 Å². The molecule has 5 nitrogen and oxygen atoms in total. The van der Waals surface area contributed by atoms with E-state index in [0.717, 1.165) is 25.2 Å². The predicted octanol–water partition coefficient (Wildman–Crippen LogP) is 0.680. The first-order valence-corrected chi connectivity index (χ1v) is 5.71. The summed E-state index contributed by atoms with van der Waals surface area (Å²) in [6, 6.07) is 1.75. The minimum Gasteiger partial charge on any atom is -0.364 e. The fourth-order valence-electron chi connectivity index (χ4n) is 1.95. The van der Waals surface area contributed by atoms with Gasteiger partial charge in [0.1, 0.15) is 12.0 Å². The summed E-state index contributed by atoms with van der Waals surface area (Å²) in [5.74, 6) is 0.572. The molecule has 5 heteroatoms. The lowest BCUT2D eigenvalue weighted by Gasteiger charge is -2.21. The zero-order chi connectivity index (χ0) is 11.2. The maximum absolute atomic E-state index is 11.6. The molecule has 1 fully saturated rings. The van der Waals surface area contributed by atoms with E-state index in [-0.39, 0.29) is 5.91 Å². The molecule has 0 spiro atoms. The van der Waals surface area contributed by atoms with Crippen molar-refractivity contribution >= 4 is 5.91 Å². The molecule has 1 amide bonds. The molecule has 1 aromatic heterocycles. The highest BCUT2D eigenvalue weighted by Gasteiger charge is 2.16. The van der Waals surface area contributed by atoms with Crippen LogP contribution in [0, 0.1) is 5.92 Å². The third-order valence-corrected chi connectivity index (χ3v) is 2.83. The SMILES string of the molecule is O=C(CC1CCCNC1)NCc1ccon1. The minimum atomic E-state index is 0.0942. The van der Waals surface area contributed by atoms with Crippen LogP contribution >= 0.6 is 0 Å². The maximum atomic E-state index is 11.6. The van der Waals surface area contributed by atoms with Crippen LogP contribution < -0.4 is 10.6 Å². The summed E-state index contributed by atoms with van der Waals surface area (Å²) in [6.45, 7) is 2.49. The zero-order valence-corrected chi connectivity index (χ0v) is 9.24. The van der Waals surface area contributed by atoms with Crippen molar-refractivity contribution in [2.45, 2.75) is 25.8 Å². The molecule has 1 saturated heterocycles. The van der Waals surface area contributed by atoms with Gasteiger partial charge >= 0.3 is 0 Å². The average molecular weight is 223 g/mol. The van der Waals surface area contributed by atoms with Gasteiger partial charge in [0.15, 0.2) is 0 Å². The standard InChI is InChI=1S/C11H17N3O2/c15-11(6-9-2-1-4-12-7-9)13-8-10-3-5-16-14-10/h3,5,9,12H,1-2,4,6-8H2,(H,13,15). The van der Waals surface area contributed by atoms with E-state index in [1.54, 1.807) is 6.07 Å². The highest BCUT2D eigenvalue weighted by Crippen LogP contribution is 2.13. The smallest absolute Gasteiger partial charge is 0.220 e. The Kier molecular flexibility index (Phi) is 3.93. The van der Waals surface area contributed by atoms with Crippen molar-refractivity contribution < 1.29 is 9.32 Å². The highest BCUT2D eigenvalue weighted by atomic mass is 16.5. The number of rotatable bonds is 4. The van der Waals surface area contributed by atoms with Crippen molar-refractivity contribution in [3.05, 3.63) is 18.0 Å². The van der Waals surface area contributed by atoms with Gasteiger partial charge in [0.25, 0.3) is 0 Å². The van der Waals surface area contributed by atoms with Crippen molar-refractivity contribution in [2.75, 3.05) is 13.1 Å². The number of hydrogen-bond donors (Lipinski definition) is 2. The number of aromatic nitrogens is 1. The first-order valence-electron chi connectivity index (χ1n) is 5.71. The third kappa shape index (κ3) is 3.34. The van der Waals surface area contributed by atoms with Crippen LogP contribution in [0.3, 0.4) is 0 Å². The second-order valence-electron chi connectivity index (χ2n) is 4.18. The van der Waals surface area contributed by atoms with Crippen molar-refractivity contribution in [1.82, 2.24) is 15.8 Å². The number of carbonyl (C=O) groups excluding carboxylic acids is 1. The molecule has 88 valence electrons. The molecular formula is C11H17N3O2. The van der Waals surface area contributed by atoms with Gasteiger partial charge in [-0.25, -0.2) is 0 Å². The molecule has 1 aliphatic heterocycles. The second-order valence-corrected chi connectivity index (χ2v) is 4.18. The summed E-state index contributed by atoms with van der Waals surface area (Å²) in [6.07, 6.45) is 4.42. The van der Waals surface area contributed by atoms with Crippen LogP contribution in [0.5, 0.6) is 0 Å². The highest BCUT2D eigenvalue weighted by molar-refractivity contribution is 5.76. The van der Waals surface area contributed by atoms with Gasteiger partial charge in [-0.1, -0.05) is 5.16 Å². The normalized spacial score (nSPS) is 20.6. The van der Waals surface area contributed by atoms with Crippen LogP contribution in [0.25, 0.3) is 0 Å². The van der Waals surface area contributed by atoms with Gasteiger partial charge in [0.2, 0.25) is 5.91 Å². The van der Waals surface area contributed by atoms with Crippen LogP contribution in [-0.2, 0) is 11.3 Å². The van der Waals surface area contributed by atoms with E-state index < -0.39 is 0 Å². The Bertz CT molecular complexity index is 318. The molecule has 0 aromatic carbocycles. The van der Waals surface area contributed by atoms with Crippen LogP contribution in [0.15, 0.2) is 16.9 Å². The van der Waals surface area contributed by atoms with Crippen molar-refractivity contribution in [1.29, 1.82) is 0 Å². The molecule has 1 aromatic rings. The van der Waals surface area contributed by atoms with Gasteiger partial charge in [-0.15, -0.1) is 0 Å². The van der Waals surface area contributed by atoms with Crippen molar-refractivity contribution in [3.63, 3.8) is 0 Å². The minimum absolute atomic E-state index is 0.0942. The van der Waals surface area contributed by atoms with E-state index in [1.807, 2.05) is 0 Å². The van der Waals surface area contributed by atoms with E-state index in [4.69, 9.17) is 0 Å². The zero-order valence-electron chi connectivity index (χ0n) is 9.24. The van der Waals surface area contributed by atoms with Crippen LogP contribution in [0.2, 0.25) is 0 Å². The third-order valence-electron chi connectivity index (χ3n) is 2.83. The van der Waals surface area contributed by atoms with Gasteiger partial charge in [0, 0.05) is 12.5 Å². The molecule has 16 heavy (non-hydrogen) atoms. The average Bonchev–Trinajstić information content (AvgIpc) is 2.81. The van der Waals surface area contributed by atoms with Crippen molar-refractivity contribution in [2.24, 2.45) is 5.92 Å². The van der Waals surface area contributed by atoms with E-state index in [1.165, 1.54) is 12.7 Å². The predicted molar refractivity (Wildman–Crippen MR) is 58.6 cm³/mol. The van der Waals surface area contributed by atoms with E-state index in [9.17, 15) is 4.79 Å². The van der Waals surface area contributed by atoms with E-state index in [0.29, 0.717) is 18.9 Å². The molecule has 2 N–H and O–H groups in total. The fraction of sp³-hybridized carbons (Fsp3) is 0.636. The van der Waals surface area contributed by atoms with Gasteiger partial charge in [-0.2, -0.15) is 0 Å². The summed E-state index contributed by atoms with van der Waals surface area (Å²) >= 11 is 0. The summed E-state index contributed by atoms with van der Waals surface area (Å²) < 4.78 is 4.69. The van der Waals surface area contributed by atoms with Gasteiger partial charge < -0.3 is 15.2 Å². The molecule has 0 radical (unpaired) electrons.